The second kappa shape index (κ2) is 8.62. The highest BCUT2D eigenvalue weighted by molar-refractivity contribution is 5.77. The minimum Gasteiger partial charge on any atom is -0.383 e. The minimum atomic E-state index is 0.180. The Morgan fingerprint density at radius 3 is 2.77 bits per heavy atom. The lowest BCUT2D eigenvalue weighted by molar-refractivity contribution is -0.143. The molecule has 0 saturated carbocycles. The van der Waals surface area contributed by atoms with E-state index in [1.807, 2.05) is 28.0 Å². The number of carbonyl (C=O) groups excluding carboxylic acids is 2. The number of rotatable bonds is 6. The van der Waals surface area contributed by atoms with E-state index in [1.54, 1.807) is 13.3 Å². The molecular weight excluding hydrogens is 330 g/mol. The van der Waals surface area contributed by atoms with Crippen molar-refractivity contribution in [2.45, 2.75) is 38.5 Å². The van der Waals surface area contributed by atoms with Crippen LogP contribution in [0.3, 0.4) is 0 Å². The molecule has 1 aromatic heterocycles. The number of pyridine rings is 1. The third kappa shape index (κ3) is 4.61. The molecule has 0 bridgehead atoms. The van der Waals surface area contributed by atoms with Gasteiger partial charge in [-0.3, -0.25) is 14.6 Å². The molecule has 3 rings (SSSR count). The van der Waals surface area contributed by atoms with Crippen LogP contribution in [0.5, 0.6) is 0 Å². The van der Waals surface area contributed by atoms with Crippen molar-refractivity contribution in [2.24, 2.45) is 5.41 Å². The summed E-state index contributed by atoms with van der Waals surface area (Å²) in [4.78, 5) is 32.9. The van der Waals surface area contributed by atoms with Gasteiger partial charge in [0.05, 0.1) is 6.61 Å². The maximum atomic E-state index is 12.5. The molecule has 0 radical (unpaired) electrons. The van der Waals surface area contributed by atoms with Crippen molar-refractivity contribution in [3.05, 3.63) is 30.1 Å². The number of amides is 2. The highest BCUT2D eigenvalue weighted by Crippen LogP contribution is 2.40. The quantitative estimate of drug-likeness (QED) is 0.778. The van der Waals surface area contributed by atoms with E-state index >= 15 is 0 Å². The SMILES string of the molecule is COCCN1CC2(CCC1=O)CCN(C(=O)CCc1ccccn1)CC2. The van der Waals surface area contributed by atoms with Crippen LogP contribution in [0, 0.1) is 5.41 Å². The largest absolute Gasteiger partial charge is 0.383 e. The first kappa shape index (κ1) is 18.8. The third-order valence-electron chi connectivity index (χ3n) is 5.81. The molecule has 142 valence electrons. The zero-order valence-electron chi connectivity index (χ0n) is 15.7. The van der Waals surface area contributed by atoms with Crippen LogP contribution in [0.15, 0.2) is 24.4 Å². The minimum absolute atomic E-state index is 0.180. The van der Waals surface area contributed by atoms with E-state index in [1.165, 1.54) is 0 Å². The maximum absolute atomic E-state index is 12.5. The van der Waals surface area contributed by atoms with Gasteiger partial charge in [-0.25, -0.2) is 0 Å². The Morgan fingerprint density at radius 2 is 2.08 bits per heavy atom. The lowest BCUT2D eigenvalue weighted by Crippen LogP contribution is -2.52. The average Bonchev–Trinajstić information content (AvgIpc) is 2.68. The van der Waals surface area contributed by atoms with Crippen LogP contribution in [0.4, 0.5) is 0 Å². The van der Waals surface area contributed by atoms with E-state index < -0.39 is 0 Å². The first-order chi connectivity index (χ1) is 12.6. The van der Waals surface area contributed by atoms with Crippen LogP contribution in [0.1, 0.15) is 37.8 Å². The summed E-state index contributed by atoms with van der Waals surface area (Å²) < 4.78 is 5.13. The number of aromatic nitrogens is 1. The van der Waals surface area contributed by atoms with Crippen LogP contribution >= 0.6 is 0 Å². The fraction of sp³-hybridized carbons (Fsp3) is 0.650. The fourth-order valence-electron chi connectivity index (χ4n) is 4.09. The Balaban J connectivity index is 1.48. The number of piperidine rings is 2. The number of likely N-dealkylation sites (tertiary alicyclic amines) is 2. The van der Waals surface area contributed by atoms with Crippen LogP contribution in [-0.2, 0) is 20.7 Å². The van der Waals surface area contributed by atoms with Crippen LogP contribution < -0.4 is 0 Å². The predicted octanol–water partition coefficient (Wildman–Crippen LogP) is 1.89. The monoisotopic (exact) mass is 359 g/mol. The standard InChI is InChI=1S/C20H29N3O3/c1-26-15-14-23-16-20(8-7-19(23)25)9-12-22(13-10-20)18(24)6-5-17-4-2-3-11-21-17/h2-4,11H,5-10,12-16H2,1H3. The van der Waals surface area contributed by atoms with Crippen molar-refractivity contribution in [3.63, 3.8) is 0 Å². The van der Waals surface area contributed by atoms with Gasteiger partial charge in [0.15, 0.2) is 0 Å². The van der Waals surface area contributed by atoms with Gasteiger partial charge in [-0.05, 0) is 43.2 Å². The Morgan fingerprint density at radius 1 is 1.27 bits per heavy atom. The smallest absolute Gasteiger partial charge is 0.222 e. The molecule has 3 heterocycles. The van der Waals surface area contributed by atoms with E-state index in [0.29, 0.717) is 32.4 Å². The van der Waals surface area contributed by atoms with Gasteiger partial charge in [0.1, 0.15) is 0 Å². The van der Waals surface area contributed by atoms with Gasteiger partial charge in [0.2, 0.25) is 11.8 Å². The molecule has 0 N–H and O–H groups in total. The topological polar surface area (TPSA) is 62.7 Å². The van der Waals surface area contributed by atoms with E-state index in [4.69, 9.17) is 4.74 Å². The van der Waals surface area contributed by atoms with Crippen LogP contribution in [-0.4, -0.2) is 66.5 Å². The number of carbonyl (C=O) groups is 2. The molecule has 2 amide bonds. The Labute approximate surface area is 155 Å². The van der Waals surface area contributed by atoms with E-state index in [-0.39, 0.29) is 17.2 Å². The van der Waals surface area contributed by atoms with Crippen LogP contribution in [0.2, 0.25) is 0 Å². The Hall–Kier alpha value is -1.95. The summed E-state index contributed by atoms with van der Waals surface area (Å²) in [7, 11) is 1.67. The third-order valence-corrected chi connectivity index (χ3v) is 5.81. The molecule has 6 heteroatoms. The van der Waals surface area contributed by atoms with Gasteiger partial charge >= 0.3 is 0 Å². The van der Waals surface area contributed by atoms with Gasteiger partial charge in [-0.15, -0.1) is 0 Å². The Kier molecular flexibility index (Phi) is 6.25. The molecule has 6 nitrogen and oxygen atoms in total. The summed E-state index contributed by atoms with van der Waals surface area (Å²) in [6.07, 6.45) is 6.52. The molecule has 2 saturated heterocycles. The molecule has 2 fully saturated rings. The second-order valence-electron chi connectivity index (χ2n) is 7.51. The van der Waals surface area contributed by atoms with Crippen molar-refractivity contribution < 1.29 is 14.3 Å². The van der Waals surface area contributed by atoms with Crippen molar-refractivity contribution in [2.75, 3.05) is 39.9 Å². The zero-order chi connectivity index (χ0) is 18.4. The molecule has 2 aliphatic rings. The molecular formula is C20H29N3O3. The summed E-state index contributed by atoms with van der Waals surface area (Å²) in [6, 6.07) is 5.81. The first-order valence-corrected chi connectivity index (χ1v) is 9.56. The summed E-state index contributed by atoms with van der Waals surface area (Å²) >= 11 is 0. The summed E-state index contributed by atoms with van der Waals surface area (Å²) in [5.74, 6) is 0.454. The predicted molar refractivity (Wildman–Crippen MR) is 98.5 cm³/mol. The first-order valence-electron chi connectivity index (χ1n) is 9.56. The fourth-order valence-corrected chi connectivity index (χ4v) is 4.09. The van der Waals surface area contributed by atoms with E-state index in [2.05, 4.69) is 4.98 Å². The molecule has 0 unspecified atom stereocenters. The van der Waals surface area contributed by atoms with Crippen molar-refractivity contribution in [1.29, 1.82) is 0 Å². The maximum Gasteiger partial charge on any atom is 0.222 e. The summed E-state index contributed by atoms with van der Waals surface area (Å²) in [6.45, 7) is 3.66. The van der Waals surface area contributed by atoms with Crippen molar-refractivity contribution in [3.8, 4) is 0 Å². The van der Waals surface area contributed by atoms with Gasteiger partial charge in [0, 0.05) is 58.0 Å². The van der Waals surface area contributed by atoms with Gasteiger partial charge in [-0.2, -0.15) is 0 Å². The number of ether oxygens (including phenoxy) is 1. The van der Waals surface area contributed by atoms with Gasteiger partial charge in [0.25, 0.3) is 0 Å². The lowest BCUT2D eigenvalue weighted by atomic mass is 9.72. The molecule has 2 aliphatic heterocycles. The molecule has 1 spiro atoms. The Bertz CT molecular complexity index is 612. The number of methoxy groups -OCH3 is 1. The normalized spacial score (nSPS) is 19.8. The van der Waals surface area contributed by atoms with Gasteiger partial charge < -0.3 is 14.5 Å². The highest BCUT2D eigenvalue weighted by Gasteiger charge is 2.41. The average molecular weight is 359 g/mol. The summed E-state index contributed by atoms with van der Waals surface area (Å²) in [5.41, 5.74) is 1.15. The molecule has 0 aromatic carbocycles. The van der Waals surface area contributed by atoms with Gasteiger partial charge in [-0.1, -0.05) is 6.07 Å². The number of aryl methyl sites for hydroxylation is 1. The zero-order valence-corrected chi connectivity index (χ0v) is 15.7. The molecule has 0 aliphatic carbocycles. The number of hydrogen-bond donors (Lipinski definition) is 0. The highest BCUT2D eigenvalue weighted by atomic mass is 16.5. The lowest BCUT2D eigenvalue weighted by Gasteiger charge is -2.47. The van der Waals surface area contributed by atoms with Crippen molar-refractivity contribution >= 4 is 11.8 Å². The van der Waals surface area contributed by atoms with Crippen LogP contribution in [0.25, 0.3) is 0 Å². The molecule has 26 heavy (non-hydrogen) atoms. The second-order valence-corrected chi connectivity index (χ2v) is 7.51. The molecule has 1 aromatic rings. The summed E-state index contributed by atoms with van der Waals surface area (Å²) in [5, 5.41) is 0. The molecule has 0 atom stereocenters. The van der Waals surface area contributed by atoms with E-state index in [0.717, 1.165) is 44.6 Å². The van der Waals surface area contributed by atoms with Crippen molar-refractivity contribution in [1.82, 2.24) is 14.8 Å². The van der Waals surface area contributed by atoms with E-state index in [9.17, 15) is 9.59 Å². The number of hydrogen-bond acceptors (Lipinski definition) is 4. The number of nitrogens with zero attached hydrogens (tertiary/aromatic N) is 3.